The number of aryl methyl sites for hydroxylation is 1. The molecular weight excluding hydrogens is 294 g/mol. The van der Waals surface area contributed by atoms with Crippen molar-refractivity contribution in [2.24, 2.45) is 0 Å². The highest BCUT2D eigenvalue weighted by Gasteiger charge is 2.17. The van der Waals surface area contributed by atoms with Gasteiger partial charge in [0.2, 0.25) is 5.91 Å². The van der Waals surface area contributed by atoms with Gasteiger partial charge in [-0.2, -0.15) is 0 Å². The molecule has 0 spiro atoms. The molecule has 0 aliphatic carbocycles. The van der Waals surface area contributed by atoms with Gasteiger partial charge in [0.1, 0.15) is 0 Å². The monoisotopic (exact) mass is 315 g/mol. The fourth-order valence-electron chi connectivity index (χ4n) is 3.06. The van der Waals surface area contributed by atoms with Gasteiger partial charge in [-0.15, -0.1) is 0 Å². The van der Waals surface area contributed by atoms with E-state index in [-0.39, 0.29) is 11.8 Å². The Balaban J connectivity index is 2.07. The Morgan fingerprint density at radius 2 is 1.33 bits per heavy atom. The second-order valence-corrected chi connectivity index (χ2v) is 6.01. The van der Waals surface area contributed by atoms with E-state index in [0.717, 1.165) is 11.3 Å². The molecule has 0 radical (unpaired) electrons. The standard InChI is InChI=1S/C22H21NO/c1-16-15-20(13-14-21(16)23-17(2)24)22(18-9-5-3-6-10-18)19-11-7-4-8-12-19/h3-15,22H,1-2H3,(H,23,24). The molecule has 24 heavy (non-hydrogen) atoms. The van der Waals surface area contributed by atoms with E-state index in [4.69, 9.17) is 0 Å². The summed E-state index contributed by atoms with van der Waals surface area (Å²) in [6, 6.07) is 27.3. The first-order chi connectivity index (χ1) is 11.6. The number of anilines is 1. The first-order valence-electron chi connectivity index (χ1n) is 8.13. The number of hydrogen-bond acceptors (Lipinski definition) is 1. The van der Waals surface area contributed by atoms with Crippen molar-refractivity contribution in [1.29, 1.82) is 0 Å². The molecule has 3 aromatic rings. The van der Waals surface area contributed by atoms with Crippen LogP contribution in [-0.4, -0.2) is 5.91 Å². The van der Waals surface area contributed by atoms with Crippen LogP contribution < -0.4 is 5.32 Å². The maximum absolute atomic E-state index is 11.3. The third kappa shape index (κ3) is 3.54. The zero-order valence-corrected chi connectivity index (χ0v) is 14.0. The van der Waals surface area contributed by atoms with Gasteiger partial charge in [0.05, 0.1) is 0 Å². The molecule has 0 atom stereocenters. The van der Waals surface area contributed by atoms with E-state index in [2.05, 4.69) is 66.0 Å². The minimum absolute atomic E-state index is 0.0477. The van der Waals surface area contributed by atoms with Crippen LogP contribution in [0.1, 0.15) is 35.1 Å². The average molecular weight is 315 g/mol. The molecule has 0 bridgehead atoms. The molecule has 120 valence electrons. The Morgan fingerprint density at radius 1 is 0.792 bits per heavy atom. The minimum atomic E-state index is -0.0477. The number of benzene rings is 3. The van der Waals surface area contributed by atoms with E-state index in [9.17, 15) is 4.79 Å². The molecule has 0 aliphatic heterocycles. The molecule has 0 saturated heterocycles. The van der Waals surface area contributed by atoms with E-state index >= 15 is 0 Å². The van der Waals surface area contributed by atoms with Gasteiger partial charge in [-0.3, -0.25) is 4.79 Å². The van der Waals surface area contributed by atoms with Crippen LogP contribution in [0.4, 0.5) is 5.69 Å². The summed E-state index contributed by atoms with van der Waals surface area (Å²) in [5.41, 5.74) is 5.68. The SMILES string of the molecule is CC(=O)Nc1ccc(C(c2ccccc2)c2ccccc2)cc1C. The summed E-state index contributed by atoms with van der Waals surface area (Å²) in [4.78, 5) is 11.3. The summed E-state index contributed by atoms with van der Waals surface area (Å²) in [7, 11) is 0. The van der Waals surface area contributed by atoms with E-state index in [1.807, 2.05) is 25.1 Å². The smallest absolute Gasteiger partial charge is 0.221 e. The molecule has 0 saturated carbocycles. The van der Waals surface area contributed by atoms with Crippen molar-refractivity contribution in [3.63, 3.8) is 0 Å². The summed E-state index contributed by atoms with van der Waals surface area (Å²) in [6.45, 7) is 3.56. The van der Waals surface area contributed by atoms with Gasteiger partial charge in [0.25, 0.3) is 0 Å². The van der Waals surface area contributed by atoms with Crippen LogP contribution in [0.3, 0.4) is 0 Å². The van der Waals surface area contributed by atoms with Crippen molar-refractivity contribution in [2.75, 3.05) is 5.32 Å². The van der Waals surface area contributed by atoms with Gasteiger partial charge in [0.15, 0.2) is 0 Å². The number of nitrogens with one attached hydrogen (secondary N) is 1. The molecule has 3 rings (SSSR count). The Kier molecular flexibility index (Phi) is 4.76. The lowest BCUT2D eigenvalue weighted by Gasteiger charge is -2.20. The van der Waals surface area contributed by atoms with Gasteiger partial charge in [-0.1, -0.05) is 72.8 Å². The molecular formula is C22H21NO. The quantitative estimate of drug-likeness (QED) is 0.664. The first kappa shape index (κ1) is 16.0. The van der Waals surface area contributed by atoms with Gasteiger partial charge >= 0.3 is 0 Å². The van der Waals surface area contributed by atoms with Crippen LogP contribution >= 0.6 is 0 Å². The summed E-state index contributed by atoms with van der Waals surface area (Å²) >= 11 is 0. The summed E-state index contributed by atoms with van der Waals surface area (Å²) in [5.74, 6) is 0.131. The molecule has 3 aromatic carbocycles. The Morgan fingerprint density at radius 3 is 1.79 bits per heavy atom. The van der Waals surface area contributed by atoms with Crippen LogP contribution in [0.15, 0.2) is 78.9 Å². The molecule has 0 fully saturated rings. The lowest BCUT2D eigenvalue weighted by atomic mass is 9.84. The van der Waals surface area contributed by atoms with Crippen molar-refractivity contribution in [1.82, 2.24) is 0 Å². The molecule has 1 N–H and O–H groups in total. The fourth-order valence-corrected chi connectivity index (χ4v) is 3.06. The average Bonchev–Trinajstić information content (AvgIpc) is 2.59. The van der Waals surface area contributed by atoms with E-state index in [1.165, 1.54) is 23.6 Å². The van der Waals surface area contributed by atoms with Crippen LogP contribution in [-0.2, 0) is 4.79 Å². The number of carbonyl (C=O) groups excluding carboxylic acids is 1. The summed E-state index contributed by atoms with van der Waals surface area (Å²) in [6.07, 6.45) is 0. The lowest BCUT2D eigenvalue weighted by molar-refractivity contribution is -0.114. The number of carbonyl (C=O) groups is 1. The predicted octanol–water partition coefficient (Wildman–Crippen LogP) is 5.13. The second-order valence-electron chi connectivity index (χ2n) is 6.01. The number of hydrogen-bond donors (Lipinski definition) is 1. The highest BCUT2D eigenvalue weighted by molar-refractivity contribution is 5.89. The van der Waals surface area contributed by atoms with Crippen molar-refractivity contribution in [3.8, 4) is 0 Å². The van der Waals surface area contributed by atoms with Crippen LogP contribution in [0.2, 0.25) is 0 Å². The maximum Gasteiger partial charge on any atom is 0.221 e. The number of amides is 1. The number of rotatable bonds is 4. The predicted molar refractivity (Wildman–Crippen MR) is 99.3 cm³/mol. The van der Waals surface area contributed by atoms with Gasteiger partial charge < -0.3 is 5.32 Å². The van der Waals surface area contributed by atoms with Crippen LogP contribution in [0.5, 0.6) is 0 Å². The Bertz CT molecular complexity index is 786. The Hall–Kier alpha value is -2.87. The minimum Gasteiger partial charge on any atom is -0.326 e. The van der Waals surface area contributed by atoms with Crippen molar-refractivity contribution in [2.45, 2.75) is 19.8 Å². The van der Waals surface area contributed by atoms with Gasteiger partial charge in [-0.25, -0.2) is 0 Å². The zero-order chi connectivity index (χ0) is 16.9. The summed E-state index contributed by atoms with van der Waals surface area (Å²) in [5, 5.41) is 2.88. The first-order valence-corrected chi connectivity index (χ1v) is 8.13. The van der Waals surface area contributed by atoms with Crippen molar-refractivity contribution in [3.05, 3.63) is 101 Å². The fraction of sp³-hybridized carbons (Fsp3) is 0.136. The van der Waals surface area contributed by atoms with Crippen LogP contribution in [0, 0.1) is 6.92 Å². The van der Waals surface area contributed by atoms with Gasteiger partial charge in [-0.05, 0) is 35.2 Å². The van der Waals surface area contributed by atoms with Gasteiger partial charge in [0, 0.05) is 18.5 Å². The highest BCUT2D eigenvalue weighted by atomic mass is 16.1. The normalized spacial score (nSPS) is 10.6. The highest BCUT2D eigenvalue weighted by Crippen LogP contribution is 2.33. The molecule has 1 amide bonds. The van der Waals surface area contributed by atoms with Crippen molar-refractivity contribution < 1.29 is 4.79 Å². The van der Waals surface area contributed by atoms with E-state index in [0.29, 0.717) is 0 Å². The third-order valence-corrected chi connectivity index (χ3v) is 4.16. The molecule has 0 heterocycles. The van der Waals surface area contributed by atoms with E-state index in [1.54, 1.807) is 0 Å². The molecule has 2 nitrogen and oxygen atoms in total. The summed E-state index contributed by atoms with van der Waals surface area (Å²) < 4.78 is 0. The zero-order valence-electron chi connectivity index (χ0n) is 14.0. The maximum atomic E-state index is 11.3. The van der Waals surface area contributed by atoms with Crippen molar-refractivity contribution >= 4 is 11.6 Å². The van der Waals surface area contributed by atoms with E-state index < -0.39 is 0 Å². The largest absolute Gasteiger partial charge is 0.326 e. The molecule has 0 aromatic heterocycles. The second kappa shape index (κ2) is 7.14. The van der Waals surface area contributed by atoms with Crippen LogP contribution in [0.25, 0.3) is 0 Å². The molecule has 2 heteroatoms. The topological polar surface area (TPSA) is 29.1 Å². The lowest BCUT2D eigenvalue weighted by Crippen LogP contribution is -2.08. The molecule has 0 aliphatic rings. The third-order valence-electron chi connectivity index (χ3n) is 4.16. The molecule has 0 unspecified atom stereocenters. The Labute approximate surface area is 143 Å².